The number of benzene rings is 1. The number of aliphatic hydroxyl groups excluding tert-OH is 1. The standard InChI is InChI=1S/C14H20ClFO/c1-2-3-4-5-6-7-14(17)12-10-11(16)8-9-13(12)15/h8-10,14,17H,2-7H2,1H3. The minimum Gasteiger partial charge on any atom is -0.388 e. The van der Waals surface area contributed by atoms with Crippen LogP contribution < -0.4 is 0 Å². The van der Waals surface area contributed by atoms with Crippen molar-refractivity contribution < 1.29 is 9.50 Å². The van der Waals surface area contributed by atoms with Crippen LogP contribution in [0.25, 0.3) is 0 Å². The SMILES string of the molecule is CCCCCCCC(O)c1cc(F)ccc1Cl. The van der Waals surface area contributed by atoms with Gasteiger partial charge in [0.15, 0.2) is 0 Å². The lowest BCUT2D eigenvalue weighted by atomic mass is 10.0. The lowest BCUT2D eigenvalue weighted by Gasteiger charge is -2.12. The molecule has 96 valence electrons. The molecule has 1 unspecified atom stereocenters. The largest absolute Gasteiger partial charge is 0.388 e. The zero-order valence-corrected chi connectivity index (χ0v) is 11.0. The minimum atomic E-state index is -0.653. The molecule has 0 aromatic heterocycles. The van der Waals surface area contributed by atoms with Gasteiger partial charge in [-0.2, -0.15) is 0 Å². The highest BCUT2D eigenvalue weighted by atomic mass is 35.5. The predicted molar refractivity (Wildman–Crippen MR) is 69.7 cm³/mol. The van der Waals surface area contributed by atoms with Gasteiger partial charge in [0.25, 0.3) is 0 Å². The minimum absolute atomic E-state index is 0.352. The molecule has 0 amide bonds. The molecule has 0 fully saturated rings. The third kappa shape index (κ3) is 5.05. The number of rotatable bonds is 7. The summed E-state index contributed by atoms with van der Waals surface area (Å²) in [7, 11) is 0. The Kier molecular flexibility index (Phi) is 6.53. The molecule has 1 aromatic rings. The molecule has 0 aliphatic carbocycles. The number of hydrogen-bond donors (Lipinski definition) is 1. The summed E-state index contributed by atoms with van der Waals surface area (Å²) in [4.78, 5) is 0. The second-order valence-electron chi connectivity index (χ2n) is 4.38. The summed E-state index contributed by atoms with van der Waals surface area (Å²) in [5.41, 5.74) is 0.502. The Balaban J connectivity index is 2.41. The van der Waals surface area contributed by atoms with Crippen LogP contribution in [-0.4, -0.2) is 5.11 Å². The second kappa shape index (κ2) is 7.67. The van der Waals surface area contributed by atoms with E-state index in [1.807, 2.05) is 0 Å². The molecule has 0 bridgehead atoms. The molecule has 1 aromatic carbocycles. The lowest BCUT2D eigenvalue weighted by Crippen LogP contribution is -1.99. The molecule has 1 N–H and O–H groups in total. The van der Waals surface area contributed by atoms with E-state index in [9.17, 15) is 9.50 Å². The normalized spacial score (nSPS) is 12.7. The van der Waals surface area contributed by atoms with Crippen molar-refractivity contribution in [1.29, 1.82) is 0 Å². The van der Waals surface area contributed by atoms with Crippen LogP contribution in [0, 0.1) is 5.82 Å². The van der Waals surface area contributed by atoms with Gasteiger partial charge in [-0.3, -0.25) is 0 Å². The van der Waals surface area contributed by atoms with Gasteiger partial charge in [0.2, 0.25) is 0 Å². The molecule has 3 heteroatoms. The highest BCUT2D eigenvalue weighted by Crippen LogP contribution is 2.27. The third-order valence-electron chi connectivity index (χ3n) is 2.90. The highest BCUT2D eigenvalue weighted by Gasteiger charge is 2.12. The van der Waals surface area contributed by atoms with Gasteiger partial charge < -0.3 is 5.11 Å². The van der Waals surface area contributed by atoms with Crippen molar-refractivity contribution in [2.24, 2.45) is 0 Å². The van der Waals surface area contributed by atoms with Crippen LogP contribution in [0.15, 0.2) is 18.2 Å². The molecule has 0 radical (unpaired) electrons. The third-order valence-corrected chi connectivity index (χ3v) is 3.24. The number of aliphatic hydroxyl groups is 1. The van der Waals surface area contributed by atoms with Gasteiger partial charge in [-0.1, -0.05) is 50.6 Å². The van der Waals surface area contributed by atoms with Crippen LogP contribution >= 0.6 is 11.6 Å². The van der Waals surface area contributed by atoms with E-state index in [1.54, 1.807) is 0 Å². The van der Waals surface area contributed by atoms with Crippen LogP contribution in [0.3, 0.4) is 0 Å². The monoisotopic (exact) mass is 258 g/mol. The summed E-state index contributed by atoms with van der Waals surface area (Å²) in [5.74, 6) is -0.352. The van der Waals surface area contributed by atoms with E-state index in [0.29, 0.717) is 17.0 Å². The zero-order valence-electron chi connectivity index (χ0n) is 10.3. The second-order valence-corrected chi connectivity index (χ2v) is 4.79. The fourth-order valence-corrected chi connectivity index (χ4v) is 2.11. The van der Waals surface area contributed by atoms with Crippen molar-refractivity contribution in [3.05, 3.63) is 34.6 Å². The Bertz CT molecular complexity index is 341. The Morgan fingerprint density at radius 2 is 1.94 bits per heavy atom. The molecule has 17 heavy (non-hydrogen) atoms. The summed E-state index contributed by atoms with van der Waals surface area (Å²) in [6.45, 7) is 2.17. The van der Waals surface area contributed by atoms with Crippen molar-refractivity contribution >= 4 is 11.6 Å². The Morgan fingerprint density at radius 1 is 1.24 bits per heavy atom. The van der Waals surface area contributed by atoms with Crippen LogP contribution in [0.4, 0.5) is 4.39 Å². The molecule has 1 rings (SSSR count). The fraction of sp³-hybridized carbons (Fsp3) is 0.571. The Hall–Kier alpha value is -0.600. The fourth-order valence-electron chi connectivity index (χ4n) is 1.87. The van der Waals surface area contributed by atoms with Crippen LogP contribution in [0.2, 0.25) is 5.02 Å². The van der Waals surface area contributed by atoms with Crippen LogP contribution in [0.1, 0.15) is 57.1 Å². The number of unbranched alkanes of at least 4 members (excludes halogenated alkanes) is 4. The molecular weight excluding hydrogens is 239 g/mol. The van der Waals surface area contributed by atoms with Gasteiger partial charge in [0.1, 0.15) is 5.82 Å². The van der Waals surface area contributed by atoms with Gasteiger partial charge in [-0.05, 0) is 24.6 Å². The smallest absolute Gasteiger partial charge is 0.123 e. The summed E-state index contributed by atoms with van der Waals surface area (Å²) in [6, 6.07) is 4.12. The quantitative estimate of drug-likeness (QED) is 0.692. The molecule has 0 aliphatic rings. The molecule has 1 atom stereocenters. The van der Waals surface area contributed by atoms with Gasteiger partial charge in [-0.25, -0.2) is 4.39 Å². The van der Waals surface area contributed by atoms with Crippen LogP contribution in [0.5, 0.6) is 0 Å². The Morgan fingerprint density at radius 3 is 2.65 bits per heavy atom. The molecule has 0 saturated heterocycles. The van der Waals surface area contributed by atoms with Crippen molar-refractivity contribution in [2.45, 2.75) is 51.6 Å². The predicted octanol–water partition coefficient (Wildman–Crippen LogP) is 4.87. The maximum Gasteiger partial charge on any atom is 0.123 e. The van der Waals surface area contributed by atoms with Crippen molar-refractivity contribution in [2.75, 3.05) is 0 Å². The summed E-state index contributed by atoms with van der Waals surface area (Å²) >= 11 is 5.93. The van der Waals surface area contributed by atoms with E-state index in [-0.39, 0.29) is 5.82 Å². The molecule has 0 saturated carbocycles. The van der Waals surface area contributed by atoms with Gasteiger partial charge in [0, 0.05) is 10.6 Å². The van der Waals surface area contributed by atoms with Crippen molar-refractivity contribution in [3.63, 3.8) is 0 Å². The molecule has 0 spiro atoms. The molecule has 1 nitrogen and oxygen atoms in total. The first-order valence-electron chi connectivity index (χ1n) is 6.28. The number of halogens is 2. The van der Waals surface area contributed by atoms with Crippen LogP contribution in [-0.2, 0) is 0 Å². The molecular formula is C14H20ClFO. The maximum atomic E-state index is 13.0. The summed E-state index contributed by atoms with van der Waals surface area (Å²) in [6.07, 6.45) is 5.69. The molecule has 0 aliphatic heterocycles. The topological polar surface area (TPSA) is 20.2 Å². The lowest BCUT2D eigenvalue weighted by molar-refractivity contribution is 0.163. The highest BCUT2D eigenvalue weighted by molar-refractivity contribution is 6.31. The van der Waals surface area contributed by atoms with E-state index in [1.165, 1.54) is 37.5 Å². The average molecular weight is 259 g/mol. The van der Waals surface area contributed by atoms with Gasteiger partial charge in [-0.15, -0.1) is 0 Å². The maximum absolute atomic E-state index is 13.0. The van der Waals surface area contributed by atoms with Crippen molar-refractivity contribution in [3.8, 4) is 0 Å². The zero-order chi connectivity index (χ0) is 12.7. The van der Waals surface area contributed by atoms with Gasteiger partial charge in [0.05, 0.1) is 6.10 Å². The van der Waals surface area contributed by atoms with E-state index in [4.69, 9.17) is 11.6 Å². The first kappa shape index (κ1) is 14.5. The molecule has 0 heterocycles. The summed E-state index contributed by atoms with van der Waals surface area (Å²) in [5, 5.41) is 10.4. The first-order chi connectivity index (χ1) is 8.15. The van der Waals surface area contributed by atoms with E-state index in [2.05, 4.69) is 6.92 Å². The van der Waals surface area contributed by atoms with E-state index in [0.717, 1.165) is 12.8 Å². The number of hydrogen-bond acceptors (Lipinski definition) is 1. The summed E-state index contributed by atoms with van der Waals surface area (Å²) < 4.78 is 13.0. The van der Waals surface area contributed by atoms with Crippen molar-refractivity contribution in [1.82, 2.24) is 0 Å². The van der Waals surface area contributed by atoms with E-state index >= 15 is 0 Å². The average Bonchev–Trinajstić information content (AvgIpc) is 2.32. The van der Waals surface area contributed by atoms with Gasteiger partial charge >= 0.3 is 0 Å². The Labute approximate surface area is 108 Å². The van der Waals surface area contributed by atoms with E-state index < -0.39 is 6.10 Å². The first-order valence-corrected chi connectivity index (χ1v) is 6.66.